The Hall–Kier alpha value is -2.63. The molecule has 0 N–H and O–H groups in total. The number of hydrogen-bond donors (Lipinski definition) is 0. The minimum absolute atomic E-state index is 0.104. The van der Waals surface area contributed by atoms with E-state index in [-0.39, 0.29) is 18.1 Å². The second kappa shape index (κ2) is 8.59. The molecule has 148 valence electrons. The molecule has 2 aliphatic rings. The van der Waals surface area contributed by atoms with E-state index in [1.807, 2.05) is 36.4 Å². The predicted octanol–water partition coefficient (Wildman–Crippen LogP) is 4.51. The number of aromatic nitrogens is 1. The van der Waals surface area contributed by atoms with Crippen LogP contribution in [0.2, 0.25) is 0 Å². The number of rotatable bonds is 6. The maximum atomic E-state index is 13.3. The third-order valence-electron chi connectivity index (χ3n) is 5.59. The van der Waals surface area contributed by atoms with E-state index in [4.69, 9.17) is 9.47 Å². The minimum atomic E-state index is -0.689. The van der Waals surface area contributed by atoms with Crippen LogP contribution in [0, 0.1) is 5.92 Å². The van der Waals surface area contributed by atoms with Crippen LogP contribution < -0.4 is 4.74 Å². The van der Waals surface area contributed by atoms with Crippen LogP contribution in [-0.2, 0) is 17.9 Å². The number of nitrogens with zero attached hydrogens (tertiary/aromatic N) is 2. The molecule has 6 heteroatoms. The maximum absolute atomic E-state index is 13.3. The Labute approximate surface area is 164 Å². The molecule has 1 aliphatic carbocycles. The summed E-state index contributed by atoms with van der Waals surface area (Å²) in [5.41, 5.74) is 2.11. The Kier molecular flexibility index (Phi) is 5.74. The first-order valence-corrected chi connectivity index (χ1v) is 9.87. The molecule has 0 radical (unpaired) electrons. The predicted molar refractivity (Wildman–Crippen MR) is 103 cm³/mol. The van der Waals surface area contributed by atoms with Gasteiger partial charge in [0.25, 0.3) is 0 Å². The van der Waals surface area contributed by atoms with E-state index >= 15 is 0 Å². The Morgan fingerprint density at radius 3 is 2.43 bits per heavy atom. The van der Waals surface area contributed by atoms with Gasteiger partial charge in [-0.1, -0.05) is 24.3 Å². The highest BCUT2D eigenvalue weighted by molar-refractivity contribution is 5.70. The number of hydrogen-bond acceptors (Lipinski definition) is 4. The first kappa shape index (κ1) is 18.7. The van der Waals surface area contributed by atoms with Crippen molar-refractivity contribution < 1.29 is 18.7 Å². The summed E-state index contributed by atoms with van der Waals surface area (Å²) in [6.45, 7) is 1.60. The smallest absolute Gasteiger partial charge is 0.410 e. The molecule has 5 nitrogen and oxygen atoms in total. The lowest BCUT2D eigenvalue weighted by molar-refractivity contribution is 0.0738. The Balaban J connectivity index is 1.28. The second-order valence-corrected chi connectivity index (χ2v) is 7.60. The van der Waals surface area contributed by atoms with Gasteiger partial charge in [-0.25, -0.2) is 9.18 Å². The van der Waals surface area contributed by atoms with Crippen LogP contribution in [-0.4, -0.2) is 34.8 Å². The summed E-state index contributed by atoms with van der Waals surface area (Å²) in [5.74, 6) is 1.07. The molecule has 0 spiro atoms. The van der Waals surface area contributed by atoms with Crippen molar-refractivity contribution >= 4 is 6.09 Å². The van der Waals surface area contributed by atoms with Crippen LogP contribution in [0.1, 0.15) is 36.8 Å². The molecule has 1 saturated carbocycles. The second-order valence-electron chi connectivity index (χ2n) is 7.60. The zero-order chi connectivity index (χ0) is 19.3. The fraction of sp³-hybridized carbons (Fsp3) is 0.455. The molecular formula is C22H25FN2O3. The third-order valence-corrected chi connectivity index (χ3v) is 5.59. The average molecular weight is 384 g/mol. The minimum Gasteiger partial charge on any atom is -0.489 e. The number of ether oxygens (including phenoxy) is 2. The summed E-state index contributed by atoms with van der Waals surface area (Å²) < 4.78 is 24.6. The molecule has 0 bridgehead atoms. The van der Waals surface area contributed by atoms with Crippen molar-refractivity contribution in [3.05, 3.63) is 59.9 Å². The molecule has 2 fully saturated rings. The fourth-order valence-electron chi connectivity index (χ4n) is 3.92. The number of cyclic esters (lactones) is 1. The van der Waals surface area contributed by atoms with E-state index in [9.17, 15) is 9.18 Å². The molecule has 1 unspecified atom stereocenters. The third kappa shape index (κ3) is 4.61. The van der Waals surface area contributed by atoms with Crippen molar-refractivity contribution in [2.45, 2.75) is 51.1 Å². The lowest BCUT2D eigenvalue weighted by atomic mass is 9.84. The fourth-order valence-corrected chi connectivity index (χ4v) is 3.92. The summed E-state index contributed by atoms with van der Waals surface area (Å²) in [7, 11) is 0. The van der Waals surface area contributed by atoms with Crippen molar-refractivity contribution in [2.24, 2.45) is 5.92 Å². The molecular weight excluding hydrogens is 359 g/mol. The van der Waals surface area contributed by atoms with Crippen molar-refractivity contribution in [1.82, 2.24) is 9.88 Å². The Morgan fingerprint density at radius 2 is 1.71 bits per heavy atom. The first-order chi connectivity index (χ1) is 13.7. The monoisotopic (exact) mass is 384 g/mol. The molecule has 28 heavy (non-hydrogen) atoms. The van der Waals surface area contributed by atoms with Crippen molar-refractivity contribution in [3.63, 3.8) is 0 Å². The maximum Gasteiger partial charge on any atom is 0.410 e. The summed E-state index contributed by atoms with van der Waals surface area (Å²) in [5, 5.41) is 0. The van der Waals surface area contributed by atoms with E-state index in [0.717, 1.165) is 29.7 Å². The standard InChI is InChI=1S/C22H25FN2O3/c23-19-7-5-18(6-8-19)21-14-25(22(26)28-21)13-16-1-3-17(4-2-16)15-27-20-9-11-24-12-10-20/h1-4,9-12,18-19,21H,5-8,13-15H2. The lowest BCUT2D eigenvalue weighted by Gasteiger charge is -2.27. The largest absolute Gasteiger partial charge is 0.489 e. The molecule has 2 heterocycles. The van der Waals surface area contributed by atoms with E-state index in [1.54, 1.807) is 17.3 Å². The van der Waals surface area contributed by atoms with Crippen molar-refractivity contribution in [1.29, 1.82) is 0 Å². The van der Waals surface area contributed by atoms with E-state index < -0.39 is 6.17 Å². The van der Waals surface area contributed by atoms with Gasteiger partial charge in [-0.2, -0.15) is 0 Å². The molecule has 1 atom stereocenters. The van der Waals surface area contributed by atoms with Gasteiger partial charge in [0.15, 0.2) is 0 Å². The Morgan fingerprint density at radius 1 is 1.04 bits per heavy atom. The number of benzene rings is 1. The normalized spacial score (nSPS) is 24.8. The quantitative estimate of drug-likeness (QED) is 0.735. The van der Waals surface area contributed by atoms with E-state index in [2.05, 4.69) is 4.98 Å². The summed E-state index contributed by atoms with van der Waals surface area (Å²) in [4.78, 5) is 17.9. The molecule has 1 aliphatic heterocycles. The molecule has 1 amide bonds. The lowest BCUT2D eigenvalue weighted by Crippen LogP contribution is -2.30. The van der Waals surface area contributed by atoms with Crippen LogP contribution in [0.25, 0.3) is 0 Å². The molecule has 1 saturated heterocycles. The van der Waals surface area contributed by atoms with Crippen molar-refractivity contribution in [2.75, 3.05) is 6.54 Å². The van der Waals surface area contributed by atoms with Crippen LogP contribution in [0.3, 0.4) is 0 Å². The number of pyridine rings is 1. The summed E-state index contributed by atoms with van der Waals surface area (Å²) >= 11 is 0. The van der Waals surface area contributed by atoms with Crippen LogP contribution in [0.15, 0.2) is 48.8 Å². The van der Waals surface area contributed by atoms with E-state index in [1.165, 1.54) is 0 Å². The highest BCUT2D eigenvalue weighted by Crippen LogP contribution is 2.33. The zero-order valence-corrected chi connectivity index (χ0v) is 15.8. The summed E-state index contributed by atoms with van der Waals surface area (Å²) in [6.07, 6.45) is 5.12. The van der Waals surface area contributed by atoms with Gasteiger partial charge in [-0.05, 0) is 54.9 Å². The van der Waals surface area contributed by atoms with Crippen LogP contribution in [0.5, 0.6) is 5.75 Å². The van der Waals surface area contributed by atoms with Crippen molar-refractivity contribution in [3.8, 4) is 5.75 Å². The van der Waals surface area contributed by atoms with E-state index in [0.29, 0.717) is 32.5 Å². The average Bonchev–Trinajstić information content (AvgIpc) is 3.09. The number of halogens is 1. The van der Waals surface area contributed by atoms with Crippen LogP contribution >= 0.6 is 0 Å². The van der Waals surface area contributed by atoms with Gasteiger partial charge >= 0.3 is 6.09 Å². The molecule has 1 aromatic heterocycles. The number of amides is 1. The highest BCUT2D eigenvalue weighted by Gasteiger charge is 2.38. The highest BCUT2D eigenvalue weighted by atomic mass is 19.1. The van der Waals surface area contributed by atoms with Gasteiger partial charge in [0.1, 0.15) is 24.6 Å². The Bertz CT molecular complexity index is 776. The molecule has 4 rings (SSSR count). The van der Waals surface area contributed by atoms with Gasteiger partial charge in [0.2, 0.25) is 0 Å². The topological polar surface area (TPSA) is 51.7 Å². The van der Waals surface area contributed by atoms with Gasteiger partial charge < -0.3 is 14.4 Å². The van der Waals surface area contributed by atoms with Gasteiger partial charge in [0.05, 0.1) is 6.54 Å². The van der Waals surface area contributed by atoms with Gasteiger partial charge in [0, 0.05) is 18.9 Å². The SMILES string of the molecule is O=C1OC(C2CCC(F)CC2)CN1Cc1ccc(COc2ccncc2)cc1. The summed E-state index contributed by atoms with van der Waals surface area (Å²) in [6, 6.07) is 11.7. The number of alkyl halides is 1. The number of carbonyl (C=O) groups is 1. The number of carbonyl (C=O) groups excluding carboxylic acids is 1. The molecule has 1 aromatic carbocycles. The first-order valence-electron chi connectivity index (χ1n) is 9.87. The molecule has 2 aromatic rings. The van der Waals surface area contributed by atoms with Crippen LogP contribution in [0.4, 0.5) is 9.18 Å². The van der Waals surface area contributed by atoms with Gasteiger partial charge in [-0.3, -0.25) is 4.98 Å². The van der Waals surface area contributed by atoms with Gasteiger partial charge in [-0.15, -0.1) is 0 Å². The zero-order valence-electron chi connectivity index (χ0n) is 15.8.